The molecule has 0 N–H and O–H groups in total. The highest BCUT2D eigenvalue weighted by molar-refractivity contribution is 7.89. The number of rotatable bonds is 10. The highest BCUT2D eigenvalue weighted by atomic mass is 35.5. The minimum Gasteiger partial charge on any atom is -0.493 e. The van der Waals surface area contributed by atoms with Crippen LogP contribution in [-0.4, -0.2) is 71.6 Å². The molecule has 192 valence electrons. The molecule has 2 aromatic carbocycles. The monoisotopic (exact) mass is 526 g/mol. The highest BCUT2D eigenvalue weighted by Gasteiger charge is 2.26. The van der Waals surface area contributed by atoms with Gasteiger partial charge in [0.05, 0.1) is 31.2 Å². The fraction of sp³-hybridized carbons (Fsp3) is 0.458. The van der Waals surface area contributed by atoms with E-state index >= 15 is 0 Å². The van der Waals surface area contributed by atoms with Crippen molar-refractivity contribution in [3.8, 4) is 23.0 Å². The Morgan fingerprint density at radius 1 is 0.971 bits per heavy atom. The van der Waals surface area contributed by atoms with Gasteiger partial charge in [-0.3, -0.25) is 4.79 Å². The topological polar surface area (TPSA) is 94.6 Å². The Morgan fingerprint density at radius 3 is 2.14 bits per heavy atom. The lowest BCUT2D eigenvalue weighted by molar-refractivity contribution is -0.132. The Labute approximate surface area is 211 Å². The third-order valence-corrected chi connectivity index (χ3v) is 7.97. The van der Waals surface area contributed by atoms with E-state index in [0.717, 1.165) is 24.8 Å². The van der Waals surface area contributed by atoms with Gasteiger partial charge in [0, 0.05) is 26.7 Å². The van der Waals surface area contributed by atoms with Crippen LogP contribution in [0.4, 0.5) is 0 Å². The van der Waals surface area contributed by atoms with Crippen LogP contribution in [0.1, 0.15) is 24.8 Å². The molecule has 0 spiro atoms. The molecule has 11 heteroatoms. The maximum Gasteiger partial charge on any atom is 0.260 e. The van der Waals surface area contributed by atoms with Crippen molar-refractivity contribution in [1.82, 2.24) is 9.21 Å². The number of ether oxygens (including phenoxy) is 4. The fourth-order valence-electron chi connectivity index (χ4n) is 3.85. The molecule has 1 amide bonds. The summed E-state index contributed by atoms with van der Waals surface area (Å²) in [7, 11) is 2.61. The zero-order valence-corrected chi connectivity index (χ0v) is 21.9. The molecule has 0 bridgehead atoms. The number of carbonyl (C=O) groups is 1. The minimum absolute atomic E-state index is 0.114. The first-order chi connectivity index (χ1) is 16.7. The summed E-state index contributed by atoms with van der Waals surface area (Å²) < 4.78 is 48.8. The smallest absolute Gasteiger partial charge is 0.260 e. The maximum absolute atomic E-state index is 12.9. The first-order valence-corrected chi connectivity index (χ1v) is 13.0. The molecule has 1 aliphatic heterocycles. The lowest BCUT2D eigenvalue weighted by atomic mass is 10.1. The van der Waals surface area contributed by atoms with Crippen LogP contribution >= 0.6 is 11.6 Å². The molecule has 35 heavy (non-hydrogen) atoms. The summed E-state index contributed by atoms with van der Waals surface area (Å²) in [4.78, 5) is 14.3. The third kappa shape index (κ3) is 6.31. The number of amides is 1. The quantitative estimate of drug-likeness (QED) is 0.467. The van der Waals surface area contributed by atoms with Crippen molar-refractivity contribution in [3.63, 3.8) is 0 Å². The van der Waals surface area contributed by atoms with Crippen molar-refractivity contribution in [1.29, 1.82) is 0 Å². The third-order valence-electron chi connectivity index (χ3n) is 5.78. The molecule has 0 unspecified atom stereocenters. The second kappa shape index (κ2) is 11.8. The van der Waals surface area contributed by atoms with Gasteiger partial charge in [0.15, 0.2) is 18.1 Å². The Hall–Kier alpha value is -2.69. The Kier molecular flexibility index (Phi) is 9.09. The number of likely N-dealkylation sites (N-methyl/N-ethyl adjacent to an activating group) is 1. The molecule has 1 aliphatic rings. The molecule has 0 atom stereocenters. The highest BCUT2D eigenvalue weighted by Crippen LogP contribution is 2.38. The second-order valence-corrected chi connectivity index (χ2v) is 10.5. The molecule has 0 aliphatic carbocycles. The number of sulfonamides is 1. The maximum atomic E-state index is 12.9. The molecule has 1 fully saturated rings. The number of halogens is 1. The summed E-state index contributed by atoms with van der Waals surface area (Å²) >= 11 is 6.29. The van der Waals surface area contributed by atoms with Gasteiger partial charge in [0.1, 0.15) is 5.75 Å². The normalized spacial score (nSPS) is 14.3. The average molecular weight is 527 g/mol. The van der Waals surface area contributed by atoms with Gasteiger partial charge in [-0.2, -0.15) is 4.31 Å². The number of benzene rings is 2. The van der Waals surface area contributed by atoms with Crippen molar-refractivity contribution in [2.45, 2.75) is 30.7 Å². The predicted octanol–water partition coefficient (Wildman–Crippen LogP) is 3.58. The van der Waals surface area contributed by atoms with E-state index in [-0.39, 0.29) is 34.7 Å². The molecule has 1 saturated heterocycles. The van der Waals surface area contributed by atoms with Gasteiger partial charge >= 0.3 is 0 Å². The van der Waals surface area contributed by atoms with E-state index in [1.54, 1.807) is 19.2 Å². The molecule has 1 heterocycles. The first-order valence-electron chi connectivity index (χ1n) is 11.2. The SMILES string of the molecule is COc1cc(CN(C)C(=O)COc2ccc(S(=O)(=O)N3CCCCC3)cc2Cl)cc(OC)c1OC. The van der Waals surface area contributed by atoms with Crippen molar-refractivity contribution >= 4 is 27.5 Å². The van der Waals surface area contributed by atoms with E-state index in [4.69, 9.17) is 30.5 Å². The molecule has 2 aromatic rings. The van der Waals surface area contributed by atoms with Crippen LogP contribution in [-0.2, 0) is 21.4 Å². The minimum atomic E-state index is -3.61. The Bertz CT molecular complexity index is 1130. The van der Waals surface area contributed by atoms with Gasteiger partial charge in [0.2, 0.25) is 15.8 Å². The molecular weight excluding hydrogens is 496 g/mol. The number of piperidine rings is 1. The predicted molar refractivity (Wildman–Crippen MR) is 132 cm³/mol. The van der Waals surface area contributed by atoms with Crippen LogP contribution in [0.2, 0.25) is 5.02 Å². The first kappa shape index (κ1) is 26.9. The number of hydrogen-bond donors (Lipinski definition) is 0. The number of carbonyl (C=O) groups excluding carboxylic acids is 1. The summed E-state index contributed by atoms with van der Waals surface area (Å²) in [6, 6.07) is 7.83. The van der Waals surface area contributed by atoms with Gasteiger partial charge < -0.3 is 23.8 Å². The van der Waals surface area contributed by atoms with Crippen LogP contribution < -0.4 is 18.9 Å². The number of nitrogens with zero attached hydrogens (tertiary/aromatic N) is 2. The average Bonchev–Trinajstić information content (AvgIpc) is 2.87. The largest absolute Gasteiger partial charge is 0.493 e. The number of hydrogen-bond acceptors (Lipinski definition) is 7. The van der Waals surface area contributed by atoms with E-state index in [2.05, 4.69) is 0 Å². The molecule has 3 rings (SSSR count). The van der Waals surface area contributed by atoms with E-state index in [1.807, 2.05) is 0 Å². The van der Waals surface area contributed by atoms with Crippen molar-refractivity contribution < 1.29 is 32.2 Å². The van der Waals surface area contributed by atoms with Gasteiger partial charge in [-0.1, -0.05) is 18.0 Å². The summed E-state index contributed by atoms with van der Waals surface area (Å²) in [5.41, 5.74) is 0.778. The van der Waals surface area contributed by atoms with E-state index in [9.17, 15) is 13.2 Å². The zero-order valence-electron chi connectivity index (χ0n) is 20.4. The lowest BCUT2D eigenvalue weighted by Crippen LogP contribution is -2.35. The van der Waals surface area contributed by atoms with Crippen molar-refractivity contribution in [2.24, 2.45) is 0 Å². The van der Waals surface area contributed by atoms with Crippen LogP contribution in [0.15, 0.2) is 35.2 Å². The Balaban J connectivity index is 1.64. The fourth-order valence-corrected chi connectivity index (χ4v) is 5.70. The van der Waals surface area contributed by atoms with E-state index < -0.39 is 10.0 Å². The number of methoxy groups -OCH3 is 3. The van der Waals surface area contributed by atoms with Gasteiger partial charge in [-0.05, 0) is 48.7 Å². The van der Waals surface area contributed by atoms with Crippen LogP contribution in [0.25, 0.3) is 0 Å². The van der Waals surface area contributed by atoms with Crippen LogP contribution in [0.5, 0.6) is 23.0 Å². The second-order valence-electron chi connectivity index (χ2n) is 8.13. The summed E-state index contributed by atoms with van der Waals surface area (Å²) in [5, 5.41) is 0.128. The molecular formula is C24H31ClN2O7S. The van der Waals surface area contributed by atoms with Gasteiger partial charge in [0.25, 0.3) is 5.91 Å². The van der Waals surface area contributed by atoms with E-state index in [1.165, 1.54) is 48.7 Å². The van der Waals surface area contributed by atoms with Crippen molar-refractivity contribution in [3.05, 3.63) is 40.9 Å². The standard InChI is InChI=1S/C24H31ClN2O7S/c1-26(15-17-12-21(31-2)24(33-4)22(13-17)32-3)23(28)16-34-20-9-8-18(14-19(20)25)35(29,30)27-10-6-5-7-11-27/h8-9,12-14H,5-7,10-11,15-16H2,1-4H3. The van der Waals surface area contributed by atoms with Gasteiger partial charge in [-0.25, -0.2) is 8.42 Å². The molecule has 0 aromatic heterocycles. The van der Waals surface area contributed by atoms with Crippen LogP contribution in [0.3, 0.4) is 0 Å². The summed E-state index contributed by atoms with van der Waals surface area (Å²) in [6.45, 7) is 1.02. The van der Waals surface area contributed by atoms with Crippen molar-refractivity contribution in [2.75, 3.05) is 48.1 Å². The van der Waals surface area contributed by atoms with E-state index in [0.29, 0.717) is 30.3 Å². The molecule has 0 radical (unpaired) electrons. The Morgan fingerprint density at radius 2 is 1.60 bits per heavy atom. The molecule has 9 nitrogen and oxygen atoms in total. The lowest BCUT2D eigenvalue weighted by Gasteiger charge is -2.26. The van der Waals surface area contributed by atoms with Gasteiger partial charge in [-0.15, -0.1) is 0 Å². The van der Waals surface area contributed by atoms with Crippen LogP contribution in [0, 0.1) is 0 Å². The summed E-state index contributed by atoms with van der Waals surface area (Å²) in [5.74, 6) is 1.39. The molecule has 0 saturated carbocycles. The summed E-state index contributed by atoms with van der Waals surface area (Å²) in [6.07, 6.45) is 2.72. The zero-order chi connectivity index (χ0) is 25.6.